The van der Waals surface area contributed by atoms with Crippen LogP contribution < -0.4 is 5.73 Å². The lowest BCUT2D eigenvalue weighted by Gasteiger charge is -2.52. The zero-order valence-corrected chi connectivity index (χ0v) is 49.8. The van der Waals surface area contributed by atoms with Gasteiger partial charge in [0, 0.05) is 89.2 Å². The van der Waals surface area contributed by atoms with Gasteiger partial charge in [0.15, 0.2) is 6.29 Å². The fourth-order valence-corrected chi connectivity index (χ4v) is 14.3. The minimum absolute atomic E-state index is 0.110. The van der Waals surface area contributed by atoms with Gasteiger partial charge in [-0.25, -0.2) is 9.07 Å². The third-order valence-corrected chi connectivity index (χ3v) is 19.1. The predicted octanol–water partition coefficient (Wildman–Crippen LogP) is 6.98. The zero-order chi connectivity index (χ0) is 57.7. The first-order valence-electron chi connectivity index (χ1n) is 28.3. The molecule has 1 unspecified atom stereocenters. The molecule has 4 aliphatic rings. The number of alkyl halides is 1. The maximum Gasteiger partial charge on any atom is 0.309 e. The SMILES string of the molecule is CC[C@H]1OC(=O)[C@H](C)[C@@H](C2C[C@@](C)(OC)[C@@H](O)[C@H](C)O2)[C@H](C)[C@@H](O[C@@H]2O[C@H](C)C[C@H](N(C)CCc3cn([C@H](CF)[C@H](OC)c4ccc(-c5cncs5)cc4)nn3)[C@H]2O)[C@](C)(OC)C[C@@H](C)C(=NCCN)[C@H](C)[C@H]2CC(=O)O[C@@]21C. The van der Waals surface area contributed by atoms with E-state index in [0.29, 0.717) is 51.0 Å². The topological polar surface area (TPSA) is 234 Å². The predicted molar refractivity (Wildman–Crippen MR) is 297 cm³/mol. The van der Waals surface area contributed by atoms with E-state index < -0.39 is 114 Å². The van der Waals surface area contributed by atoms with E-state index in [-0.39, 0.29) is 36.8 Å². The summed E-state index contributed by atoms with van der Waals surface area (Å²) in [6, 6.07) is 6.60. The number of likely N-dealkylation sites (N-methyl/N-ethyl adjacent to an activating group) is 1. The molecule has 2 aromatic heterocycles. The zero-order valence-electron chi connectivity index (χ0n) is 49.0. The van der Waals surface area contributed by atoms with E-state index in [1.54, 1.807) is 51.3 Å². The number of halogens is 1. The average molecular weight is 1130 g/mol. The molecule has 21 heteroatoms. The lowest BCUT2D eigenvalue weighted by Crippen LogP contribution is -2.62. The van der Waals surface area contributed by atoms with Crippen molar-refractivity contribution in [2.24, 2.45) is 46.2 Å². The number of fused-ring (bicyclic) bond motifs is 1. The molecule has 0 spiro atoms. The van der Waals surface area contributed by atoms with Gasteiger partial charge in [-0.2, -0.15) is 0 Å². The number of nitrogens with zero attached hydrogens (tertiary/aromatic N) is 6. The third-order valence-electron chi connectivity index (χ3n) is 18.3. The summed E-state index contributed by atoms with van der Waals surface area (Å²) in [5, 5.41) is 32.9. The first-order chi connectivity index (χ1) is 37.5. The molecule has 6 heterocycles. The van der Waals surface area contributed by atoms with Crippen molar-refractivity contribution in [3.63, 3.8) is 0 Å². The van der Waals surface area contributed by atoms with Crippen LogP contribution in [0.4, 0.5) is 4.39 Å². The normalized spacial score (nSPS) is 38.3. The smallest absolute Gasteiger partial charge is 0.309 e. The molecule has 0 aliphatic carbocycles. The quantitative estimate of drug-likeness (QED) is 0.109. The Bertz CT molecular complexity index is 2470. The summed E-state index contributed by atoms with van der Waals surface area (Å²) < 4.78 is 68.6. The van der Waals surface area contributed by atoms with Gasteiger partial charge < -0.3 is 58.7 Å². The molecule has 1 aromatic carbocycles. The molecule has 7 rings (SSSR count). The molecule has 19 nitrogen and oxygen atoms in total. The summed E-state index contributed by atoms with van der Waals surface area (Å²) in [5.74, 6) is -3.96. The summed E-state index contributed by atoms with van der Waals surface area (Å²) in [4.78, 5) is 40.9. The Hall–Kier alpha value is -3.87. The van der Waals surface area contributed by atoms with E-state index in [2.05, 4.69) is 34.0 Å². The van der Waals surface area contributed by atoms with Gasteiger partial charge in [0.1, 0.15) is 42.7 Å². The van der Waals surface area contributed by atoms with Crippen LogP contribution in [0.2, 0.25) is 0 Å². The number of aliphatic hydroxyl groups excluding tert-OH is 2. The van der Waals surface area contributed by atoms with Crippen LogP contribution in [-0.2, 0) is 53.9 Å². The van der Waals surface area contributed by atoms with Crippen LogP contribution >= 0.6 is 11.3 Å². The molecule has 4 aliphatic heterocycles. The third kappa shape index (κ3) is 13.3. The first kappa shape index (κ1) is 62.7. The summed E-state index contributed by atoms with van der Waals surface area (Å²) in [6.07, 6.45) is -1.80. The van der Waals surface area contributed by atoms with Crippen molar-refractivity contribution in [3.05, 3.63) is 53.4 Å². The Morgan fingerprint density at radius 3 is 2.33 bits per heavy atom. The fraction of sp³-hybridized carbons (Fsp3) is 0.759. The van der Waals surface area contributed by atoms with E-state index in [1.165, 1.54) is 4.68 Å². The second-order valence-electron chi connectivity index (χ2n) is 23.5. The van der Waals surface area contributed by atoms with Gasteiger partial charge in [-0.1, -0.05) is 64.1 Å². The summed E-state index contributed by atoms with van der Waals surface area (Å²) in [6.45, 7) is 19.7. The second kappa shape index (κ2) is 26.6. The monoisotopic (exact) mass is 1130 g/mol. The first-order valence-corrected chi connectivity index (χ1v) is 29.2. The number of methoxy groups -OCH3 is 3. The van der Waals surface area contributed by atoms with Crippen molar-refractivity contribution in [2.45, 2.75) is 192 Å². The van der Waals surface area contributed by atoms with Crippen LogP contribution in [0.15, 0.2) is 47.2 Å². The number of aliphatic imine (C=N–C) groups is 1. The highest BCUT2D eigenvalue weighted by Crippen LogP contribution is 2.49. The number of esters is 2. The van der Waals surface area contributed by atoms with Crippen LogP contribution in [0.3, 0.4) is 0 Å². The Morgan fingerprint density at radius 2 is 1.71 bits per heavy atom. The highest BCUT2D eigenvalue weighted by Gasteiger charge is 2.58. The van der Waals surface area contributed by atoms with Gasteiger partial charge >= 0.3 is 11.9 Å². The number of ether oxygens (including phenoxy) is 8. The van der Waals surface area contributed by atoms with Crippen molar-refractivity contribution in [1.29, 1.82) is 0 Å². The molecule has 4 N–H and O–H groups in total. The van der Waals surface area contributed by atoms with Crippen molar-refractivity contribution < 1.29 is 62.1 Å². The number of rotatable bonds is 18. The van der Waals surface area contributed by atoms with Gasteiger partial charge in [0.25, 0.3) is 0 Å². The van der Waals surface area contributed by atoms with E-state index in [9.17, 15) is 19.4 Å². The number of nitrogens with two attached hydrogens (primary N) is 1. The Balaban J connectivity index is 1.20. The number of carbonyl (C=O) groups excluding carboxylic acids is 2. The molecule has 442 valence electrons. The number of carbonyl (C=O) groups is 2. The molecule has 3 aromatic rings. The van der Waals surface area contributed by atoms with Crippen LogP contribution in [0.1, 0.15) is 125 Å². The molecule has 20 atom stereocenters. The summed E-state index contributed by atoms with van der Waals surface area (Å²) >= 11 is 1.54. The van der Waals surface area contributed by atoms with Crippen LogP contribution in [0, 0.1) is 35.5 Å². The summed E-state index contributed by atoms with van der Waals surface area (Å²) in [5.41, 5.74) is 7.80. The number of aromatic nitrogens is 4. The van der Waals surface area contributed by atoms with Crippen LogP contribution in [0.25, 0.3) is 10.4 Å². The number of cyclic esters (lactones) is 1. The number of thiazole rings is 1. The molecule has 0 amide bonds. The van der Waals surface area contributed by atoms with Gasteiger partial charge in [-0.05, 0) is 83.9 Å². The molecule has 4 fully saturated rings. The van der Waals surface area contributed by atoms with E-state index in [4.69, 9.17) is 48.6 Å². The Morgan fingerprint density at radius 1 is 1.00 bits per heavy atom. The number of hydrogen-bond acceptors (Lipinski definition) is 19. The van der Waals surface area contributed by atoms with Crippen LogP contribution in [-0.4, -0.2) is 179 Å². The lowest BCUT2D eigenvalue weighted by molar-refractivity contribution is -0.304. The van der Waals surface area contributed by atoms with E-state index in [1.807, 2.05) is 86.0 Å². The maximum atomic E-state index is 15.1. The van der Waals surface area contributed by atoms with E-state index in [0.717, 1.165) is 21.7 Å². The highest BCUT2D eigenvalue weighted by atomic mass is 32.1. The van der Waals surface area contributed by atoms with E-state index >= 15 is 4.79 Å². The average Bonchev–Trinajstić information content (AvgIpc) is 4.22. The van der Waals surface area contributed by atoms with Gasteiger partial charge in [-0.15, -0.1) is 16.4 Å². The minimum Gasteiger partial charge on any atom is -0.458 e. The summed E-state index contributed by atoms with van der Waals surface area (Å²) in [7, 11) is 6.69. The number of benzene rings is 1. The fourth-order valence-electron chi connectivity index (χ4n) is 13.7. The molecular formula is C58H90FN7O12S. The Kier molecular flexibility index (Phi) is 21.1. The Labute approximate surface area is 470 Å². The maximum absolute atomic E-state index is 15.1. The highest BCUT2D eigenvalue weighted by molar-refractivity contribution is 7.13. The van der Waals surface area contributed by atoms with Crippen molar-refractivity contribution in [3.8, 4) is 10.4 Å². The lowest BCUT2D eigenvalue weighted by atomic mass is 9.67. The van der Waals surface area contributed by atoms with Crippen molar-refractivity contribution in [2.75, 3.05) is 54.7 Å². The molecule has 0 radical (unpaired) electrons. The molecule has 4 saturated heterocycles. The van der Waals surface area contributed by atoms with Gasteiger partial charge in [0.2, 0.25) is 0 Å². The second-order valence-corrected chi connectivity index (χ2v) is 24.4. The molecule has 0 bridgehead atoms. The van der Waals surface area contributed by atoms with Crippen molar-refractivity contribution >= 4 is 29.0 Å². The molecular weight excluding hydrogens is 1040 g/mol. The van der Waals surface area contributed by atoms with Crippen molar-refractivity contribution in [1.82, 2.24) is 24.9 Å². The standard InChI is InChI=1S/C58H90FN7O12S/c1-15-46-58(10)41(25-47(67)78-58)34(4)49(62-22-21-60)32(2)26-57(9,73-14)53(35(5)48(36(6)54(70)76-46)44-27-56(8,72-13)52(69)37(7)75-44)77-55-50(68)42(24-33(3)74-55)65(11)23-20-40-30-66(64-63-40)43(28-59)51(71-12)39-18-16-38(17-19-39)45-29-61-31-79-45/h16-19,29-37,41-44,46,48,50-53,55,68-69H,15,20-28,60H2,1-14H3/t32-,33-,34-,35+,36-,37+,41-,42+,43-,44?,46-,48+,50-,51-,52+,53-,55+,56-,57-,58+/m1/s1. The number of hydrogen-bond donors (Lipinski definition) is 3. The van der Waals surface area contributed by atoms with Gasteiger partial charge in [-0.3, -0.25) is 19.6 Å². The number of aliphatic hydroxyl groups is 2. The molecule has 79 heavy (non-hydrogen) atoms. The largest absolute Gasteiger partial charge is 0.458 e. The van der Waals surface area contributed by atoms with Gasteiger partial charge in [0.05, 0.1) is 70.6 Å². The van der Waals surface area contributed by atoms with Crippen LogP contribution in [0.5, 0.6) is 0 Å². The molecule has 0 saturated carbocycles. The minimum atomic E-state index is -1.17.